The van der Waals surface area contributed by atoms with E-state index >= 15 is 0 Å². The van der Waals surface area contributed by atoms with Gasteiger partial charge in [-0.05, 0) is 31.6 Å². The van der Waals surface area contributed by atoms with Gasteiger partial charge >= 0.3 is 12.0 Å². The van der Waals surface area contributed by atoms with Crippen LogP contribution in [-0.4, -0.2) is 52.9 Å². The Kier molecular flexibility index (Phi) is 7.36. The molecule has 1 aliphatic heterocycles. The van der Waals surface area contributed by atoms with Crippen molar-refractivity contribution in [3.8, 4) is 0 Å². The van der Waals surface area contributed by atoms with Crippen LogP contribution in [0.4, 0.5) is 4.79 Å². The summed E-state index contributed by atoms with van der Waals surface area (Å²) in [5.41, 5.74) is 0. The molecule has 2 unspecified atom stereocenters. The minimum absolute atomic E-state index is 0.0186. The molecule has 2 atom stereocenters. The van der Waals surface area contributed by atoms with Crippen LogP contribution in [0.15, 0.2) is 0 Å². The number of aliphatic hydroxyl groups is 1. The summed E-state index contributed by atoms with van der Waals surface area (Å²) >= 11 is 0. The van der Waals surface area contributed by atoms with Gasteiger partial charge in [-0.15, -0.1) is 0 Å². The van der Waals surface area contributed by atoms with Crippen LogP contribution in [0.2, 0.25) is 0 Å². The Morgan fingerprint density at radius 1 is 1.45 bits per heavy atom. The maximum atomic E-state index is 12.1. The molecule has 0 radical (unpaired) electrons. The second kappa shape index (κ2) is 8.79. The van der Waals surface area contributed by atoms with Gasteiger partial charge in [0.2, 0.25) is 0 Å². The fraction of sp³-hybridized carbons (Fsp3) is 0.857. The van der Waals surface area contributed by atoms with Crippen LogP contribution >= 0.6 is 0 Å². The number of carboxylic acid groups (broad SMARTS) is 1. The molecule has 1 saturated heterocycles. The minimum Gasteiger partial charge on any atom is -0.481 e. The number of carbonyl (C=O) groups excluding carboxylic acids is 1. The van der Waals surface area contributed by atoms with Gasteiger partial charge in [-0.3, -0.25) is 4.79 Å². The maximum Gasteiger partial charge on any atom is 0.317 e. The first kappa shape index (κ1) is 16.8. The summed E-state index contributed by atoms with van der Waals surface area (Å²) in [7, 11) is 0. The summed E-state index contributed by atoms with van der Waals surface area (Å²) in [4.78, 5) is 24.6. The van der Waals surface area contributed by atoms with Crippen LogP contribution in [0.1, 0.15) is 45.4 Å². The van der Waals surface area contributed by atoms with Crippen molar-refractivity contribution in [1.82, 2.24) is 10.2 Å². The molecule has 20 heavy (non-hydrogen) atoms. The van der Waals surface area contributed by atoms with Gasteiger partial charge in [0.15, 0.2) is 0 Å². The number of aliphatic carboxylic acids is 1. The van der Waals surface area contributed by atoms with E-state index in [4.69, 9.17) is 10.2 Å². The third-order valence-electron chi connectivity index (χ3n) is 3.92. The maximum absolute atomic E-state index is 12.1. The lowest BCUT2D eigenvalue weighted by Crippen LogP contribution is -2.44. The molecule has 2 amide bonds. The molecule has 0 saturated carbocycles. The van der Waals surface area contributed by atoms with Gasteiger partial charge in [0.05, 0.1) is 0 Å². The molecule has 1 rings (SSSR count). The second-order valence-corrected chi connectivity index (χ2v) is 5.41. The van der Waals surface area contributed by atoms with Gasteiger partial charge in [-0.1, -0.05) is 13.3 Å². The van der Waals surface area contributed by atoms with Crippen molar-refractivity contribution >= 4 is 12.0 Å². The zero-order chi connectivity index (χ0) is 15.0. The number of nitrogens with zero attached hydrogens (tertiary/aromatic N) is 1. The molecule has 1 aliphatic rings. The van der Waals surface area contributed by atoms with E-state index in [0.717, 1.165) is 32.2 Å². The molecule has 0 aliphatic carbocycles. The predicted octanol–water partition coefficient (Wildman–Crippen LogP) is 1.43. The summed E-state index contributed by atoms with van der Waals surface area (Å²) in [6.45, 7) is 3.24. The Balaban J connectivity index is 2.38. The van der Waals surface area contributed by atoms with Crippen molar-refractivity contribution in [2.24, 2.45) is 5.92 Å². The van der Waals surface area contributed by atoms with Crippen LogP contribution in [0.3, 0.4) is 0 Å². The average molecular weight is 286 g/mol. The van der Waals surface area contributed by atoms with E-state index < -0.39 is 5.97 Å². The lowest BCUT2D eigenvalue weighted by Gasteiger charge is -2.26. The Bertz CT molecular complexity index is 322. The number of carboxylic acids is 1. The quantitative estimate of drug-likeness (QED) is 0.629. The van der Waals surface area contributed by atoms with Gasteiger partial charge in [-0.2, -0.15) is 0 Å². The molecule has 3 N–H and O–H groups in total. The molecule has 0 bridgehead atoms. The minimum atomic E-state index is -0.826. The molecular formula is C14H26N2O4. The Hall–Kier alpha value is -1.30. The summed E-state index contributed by atoms with van der Waals surface area (Å²) in [5.74, 6) is -0.844. The molecule has 0 spiro atoms. The van der Waals surface area contributed by atoms with Gasteiger partial charge in [-0.25, -0.2) is 4.79 Å². The fourth-order valence-electron chi connectivity index (χ4n) is 2.67. The highest BCUT2D eigenvalue weighted by Gasteiger charge is 2.28. The molecular weight excluding hydrogens is 260 g/mol. The third-order valence-corrected chi connectivity index (χ3v) is 3.92. The van der Waals surface area contributed by atoms with E-state index in [-0.39, 0.29) is 31.0 Å². The summed E-state index contributed by atoms with van der Waals surface area (Å²) in [6, 6.07) is 0.107. The highest BCUT2D eigenvalue weighted by Crippen LogP contribution is 2.21. The molecule has 6 heteroatoms. The second-order valence-electron chi connectivity index (χ2n) is 5.41. The Labute approximate surface area is 120 Å². The van der Waals surface area contributed by atoms with Gasteiger partial charge < -0.3 is 20.4 Å². The van der Waals surface area contributed by atoms with E-state index in [1.807, 2.05) is 11.8 Å². The first-order valence-electron chi connectivity index (χ1n) is 7.45. The molecule has 0 aromatic rings. The number of likely N-dealkylation sites (tertiary alicyclic amines) is 1. The number of rotatable bonds is 8. The van der Waals surface area contributed by atoms with Gasteiger partial charge in [0.1, 0.15) is 0 Å². The molecule has 6 nitrogen and oxygen atoms in total. The standard InChI is InChI=1S/C14H26N2O4/c1-2-11(9-13(18)19)10-15-14(20)16-7-3-5-12(16)6-4-8-17/h11-12,17H,2-10H2,1H3,(H,15,20)(H,18,19). The van der Waals surface area contributed by atoms with Crippen molar-refractivity contribution < 1.29 is 19.8 Å². The average Bonchev–Trinajstić information content (AvgIpc) is 2.88. The molecule has 1 heterocycles. The number of hydrogen-bond donors (Lipinski definition) is 3. The number of carbonyl (C=O) groups is 2. The Morgan fingerprint density at radius 2 is 2.20 bits per heavy atom. The third kappa shape index (κ3) is 5.36. The van der Waals surface area contributed by atoms with Gasteiger partial charge in [0.25, 0.3) is 0 Å². The zero-order valence-electron chi connectivity index (χ0n) is 12.2. The fourth-order valence-corrected chi connectivity index (χ4v) is 2.67. The first-order chi connectivity index (χ1) is 9.58. The van der Waals surface area contributed by atoms with Crippen molar-refractivity contribution in [3.05, 3.63) is 0 Å². The first-order valence-corrected chi connectivity index (χ1v) is 7.45. The van der Waals surface area contributed by atoms with Crippen molar-refractivity contribution in [1.29, 1.82) is 0 Å². The number of nitrogens with one attached hydrogen (secondary N) is 1. The molecule has 0 aromatic carbocycles. The predicted molar refractivity (Wildman–Crippen MR) is 75.5 cm³/mol. The Morgan fingerprint density at radius 3 is 2.80 bits per heavy atom. The van der Waals surface area contributed by atoms with Crippen molar-refractivity contribution in [2.45, 2.75) is 51.5 Å². The topological polar surface area (TPSA) is 89.9 Å². The van der Waals surface area contributed by atoms with Crippen molar-refractivity contribution in [3.63, 3.8) is 0 Å². The van der Waals surface area contributed by atoms with Crippen LogP contribution in [0.25, 0.3) is 0 Å². The van der Waals surface area contributed by atoms with E-state index in [1.165, 1.54) is 0 Å². The van der Waals surface area contributed by atoms with Crippen LogP contribution in [-0.2, 0) is 4.79 Å². The van der Waals surface area contributed by atoms with E-state index in [9.17, 15) is 9.59 Å². The van der Waals surface area contributed by atoms with Crippen LogP contribution in [0, 0.1) is 5.92 Å². The number of hydrogen-bond acceptors (Lipinski definition) is 3. The van der Waals surface area contributed by atoms with Crippen LogP contribution < -0.4 is 5.32 Å². The highest BCUT2D eigenvalue weighted by molar-refractivity contribution is 5.75. The number of amides is 2. The number of aliphatic hydroxyl groups excluding tert-OH is 1. The summed E-state index contributed by atoms with van der Waals surface area (Å²) in [6.07, 6.45) is 4.35. The van der Waals surface area contributed by atoms with E-state index in [0.29, 0.717) is 13.0 Å². The van der Waals surface area contributed by atoms with E-state index in [1.54, 1.807) is 0 Å². The van der Waals surface area contributed by atoms with Gasteiger partial charge in [0, 0.05) is 32.2 Å². The van der Waals surface area contributed by atoms with E-state index in [2.05, 4.69) is 5.32 Å². The number of urea groups is 1. The lowest BCUT2D eigenvalue weighted by molar-refractivity contribution is -0.138. The summed E-state index contributed by atoms with van der Waals surface area (Å²) in [5, 5.41) is 20.5. The molecule has 116 valence electrons. The normalized spacial score (nSPS) is 19.9. The summed E-state index contributed by atoms with van der Waals surface area (Å²) < 4.78 is 0. The van der Waals surface area contributed by atoms with Crippen molar-refractivity contribution in [2.75, 3.05) is 19.7 Å². The zero-order valence-corrected chi connectivity index (χ0v) is 12.2. The SMILES string of the molecule is CCC(CNC(=O)N1CCCC1CCCO)CC(=O)O. The molecule has 1 fully saturated rings. The lowest BCUT2D eigenvalue weighted by atomic mass is 10.0. The highest BCUT2D eigenvalue weighted by atomic mass is 16.4. The largest absolute Gasteiger partial charge is 0.481 e. The monoisotopic (exact) mass is 286 g/mol. The molecule has 0 aromatic heterocycles. The smallest absolute Gasteiger partial charge is 0.317 e. The van der Waals surface area contributed by atoms with Crippen LogP contribution in [0.5, 0.6) is 0 Å².